The van der Waals surface area contributed by atoms with Gasteiger partial charge in [0.2, 0.25) is 5.43 Å². The number of hydrogen-bond donors (Lipinski definition) is 1. The van der Waals surface area contributed by atoms with E-state index < -0.39 is 28.6 Å². The average Bonchev–Trinajstić information content (AvgIpc) is 3.24. The van der Waals surface area contributed by atoms with Crippen LogP contribution in [0.2, 0.25) is 0 Å². The molecule has 1 N–H and O–H groups in total. The average molecular weight is 291 g/mol. The molecule has 1 fully saturated rings. The zero-order valence-electron chi connectivity index (χ0n) is 10.9. The largest absolute Gasteiger partial charge is 0.477 e. The molecule has 1 aromatic carbocycles. The van der Waals surface area contributed by atoms with Gasteiger partial charge in [0, 0.05) is 17.8 Å². The fourth-order valence-electron chi connectivity index (χ4n) is 2.44. The first kappa shape index (κ1) is 13.5. The summed E-state index contributed by atoms with van der Waals surface area (Å²) in [4.78, 5) is 23.3. The number of carbonyl (C=O) groups is 1. The molecular weight excluding hydrogens is 280 g/mol. The number of halogens is 2. The minimum absolute atomic E-state index is 0.0659. The molecule has 4 nitrogen and oxygen atoms in total. The highest BCUT2D eigenvalue weighted by atomic mass is 19.1. The van der Waals surface area contributed by atoms with Crippen LogP contribution in [0.15, 0.2) is 23.6 Å². The molecule has 6 heteroatoms. The standard InChI is InChI=1S/C15H11F2NO3/c1-2-8-11(16)5-9-13(12(8)17)18(7-3-4-7)6-10(14(9)19)15(20)21/h2,5-7H,1,3-4H2,(H,20,21). The Balaban J connectivity index is 2.53. The molecule has 1 heterocycles. The molecule has 21 heavy (non-hydrogen) atoms. The maximum Gasteiger partial charge on any atom is 0.341 e. The summed E-state index contributed by atoms with van der Waals surface area (Å²) in [6.07, 6.45) is 3.70. The summed E-state index contributed by atoms with van der Waals surface area (Å²) in [6.45, 7) is 3.36. The highest BCUT2D eigenvalue weighted by molar-refractivity contribution is 5.93. The van der Waals surface area contributed by atoms with E-state index in [1.807, 2.05) is 0 Å². The van der Waals surface area contributed by atoms with Crippen LogP contribution in [-0.4, -0.2) is 15.6 Å². The molecule has 1 aliphatic carbocycles. The molecule has 0 spiro atoms. The Hall–Kier alpha value is -2.50. The van der Waals surface area contributed by atoms with Crippen molar-refractivity contribution >= 4 is 22.9 Å². The SMILES string of the molecule is C=Cc1c(F)cc2c(=O)c(C(=O)O)cn(C3CC3)c2c1F. The second kappa shape index (κ2) is 4.51. The molecule has 3 rings (SSSR count). The van der Waals surface area contributed by atoms with Crippen molar-refractivity contribution in [3.05, 3.63) is 51.8 Å². The fraction of sp³-hybridized carbons (Fsp3) is 0.200. The van der Waals surface area contributed by atoms with E-state index in [4.69, 9.17) is 5.11 Å². The maximum absolute atomic E-state index is 14.5. The molecule has 1 saturated carbocycles. The van der Waals surface area contributed by atoms with Crippen molar-refractivity contribution in [3.8, 4) is 0 Å². The van der Waals surface area contributed by atoms with E-state index in [0.29, 0.717) is 0 Å². The lowest BCUT2D eigenvalue weighted by Crippen LogP contribution is -2.20. The number of carboxylic acids is 1. The number of rotatable bonds is 3. The predicted molar refractivity (Wildman–Crippen MR) is 73.4 cm³/mol. The van der Waals surface area contributed by atoms with E-state index in [-0.39, 0.29) is 22.5 Å². The van der Waals surface area contributed by atoms with Crippen LogP contribution in [0.3, 0.4) is 0 Å². The van der Waals surface area contributed by atoms with Gasteiger partial charge in [-0.05, 0) is 18.9 Å². The number of pyridine rings is 1. The van der Waals surface area contributed by atoms with Gasteiger partial charge in [0.1, 0.15) is 11.4 Å². The molecule has 1 aliphatic rings. The van der Waals surface area contributed by atoms with E-state index in [1.165, 1.54) is 4.57 Å². The highest BCUT2D eigenvalue weighted by Gasteiger charge is 2.29. The van der Waals surface area contributed by atoms with E-state index in [1.54, 1.807) is 0 Å². The van der Waals surface area contributed by atoms with Crippen LogP contribution in [0.4, 0.5) is 8.78 Å². The number of benzene rings is 1. The number of hydrogen-bond acceptors (Lipinski definition) is 2. The summed E-state index contributed by atoms with van der Waals surface area (Å²) >= 11 is 0. The van der Waals surface area contributed by atoms with Crippen molar-refractivity contribution in [2.24, 2.45) is 0 Å². The van der Waals surface area contributed by atoms with Crippen LogP contribution < -0.4 is 5.43 Å². The quantitative estimate of drug-likeness (QED) is 0.945. The minimum Gasteiger partial charge on any atom is -0.477 e. The van der Waals surface area contributed by atoms with E-state index >= 15 is 0 Å². The van der Waals surface area contributed by atoms with Crippen molar-refractivity contribution in [2.45, 2.75) is 18.9 Å². The van der Waals surface area contributed by atoms with Gasteiger partial charge in [0.15, 0.2) is 5.82 Å². The number of carboxylic acid groups (broad SMARTS) is 1. The Morgan fingerprint density at radius 2 is 2.10 bits per heavy atom. The van der Waals surface area contributed by atoms with E-state index in [0.717, 1.165) is 31.2 Å². The van der Waals surface area contributed by atoms with E-state index in [2.05, 4.69) is 6.58 Å². The van der Waals surface area contributed by atoms with Crippen LogP contribution >= 0.6 is 0 Å². The van der Waals surface area contributed by atoms with E-state index in [9.17, 15) is 18.4 Å². The first-order chi connectivity index (χ1) is 9.95. The molecule has 0 bridgehead atoms. The Morgan fingerprint density at radius 1 is 1.43 bits per heavy atom. The van der Waals surface area contributed by atoms with Gasteiger partial charge in [-0.3, -0.25) is 4.79 Å². The Labute approximate surface area is 117 Å². The first-order valence-electron chi connectivity index (χ1n) is 6.38. The molecule has 0 amide bonds. The second-order valence-corrected chi connectivity index (χ2v) is 5.00. The van der Waals surface area contributed by atoms with Crippen molar-refractivity contribution in [1.82, 2.24) is 4.57 Å². The Kier molecular flexibility index (Phi) is 2.90. The van der Waals surface area contributed by atoms with Crippen molar-refractivity contribution in [2.75, 3.05) is 0 Å². The van der Waals surface area contributed by atoms with Crippen LogP contribution in [0.5, 0.6) is 0 Å². The lowest BCUT2D eigenvalue weighted by Gasteiger charge is -2.13. The smallest absolute Gasteiger partial charge is 0.341 e. The van der Waals surface area contributed by atoms with Crippen molar-refractivity contribution in [1.29, 1.82) is 0 Å². The summed E-state index contributed by atoms with van der Waals surface area (Å²) in [6, 6.07) is 0.812. The molecule has 0 atom stereocenters. The van der Waals surface area contributed by atoms with Gasteiger partial charge < -0.3 is 9.67 Å². The van der Waals surface area contributed by atoms with Gasteiger partial charge in [0.25, 0.3) is 0 Å². The molecular formula is C15H11F2NO3. The topological polar surface area (TPSA) is 59.3 Å². The van der Waals surface area contributed by atoms with Crippen molar-refractivity contribution in [3.63, 3.8) is 0 Å². The molecule has 1 aromatic heterocycles. The van der Waals surface area contributed by atoms with Crippen LogP contribution in [0.1, 0.15) is 34.8 Å². The van der Waals surface area contributed by atoms with Gasteiger partial charge in [-0.25, -0.2) is 13.6 Å². The summed E-state index contributed by atoms with van der Waals surface area (Å²) in [5, 5.41) is 8.81. The Morgan fingerprint density at radius 3 is 2.62 bits per heavy atom. The normalized spacial score (nSPS) is 14.4. The zero-order valence-corrected chi connectivity index (χ0v) is 10.9. The summed E-state index contributed by atoms with van der Waals surface area (Å²) in [5.74, 6) is -3.23. The van der Waals surface area contributed by atoms with Gasteiger partial charge in [-0.2, -0.15) is 0 Å². The van der Waals surface area contributed by atoms with Gasteiger partial charge >= 0.3 is 5.97 Å². The molecule has 108 valence electrons. The number of aromatic carboxylic acids is 1. The monoisotopic (exact) mass is 291 g/mol. The molecule has 2 aromatic rings. The lowest BCUT2D eigenvalue weighted by molar-refractivity contribution is 0.0695. The molecule has 0 aliphatic heterocycles. The second-order valence-electron chi connectivity index (χ2n) is 5.00. The summed E-state index contributed by atoms with van der Waals surface area (Å²) < 4.78 is 29.7. The zero-order chi connectivity index (χ0) is 15.3. The van der Waals surface area contributed by atoms with Crippen LogP contribution in [0, 0.1) is 11.6 Å². The molecule has 0 unspecified atom stereocenters. The number of aromatic nitrogens is 1. The summed E-state index contributed by atoms with van der Waals surface area (Å²) in [7, 11) is 0. The first-order valence-corrected chi connectivity index (χ1v) is 6.38. The van der Waals surface area contributed by atoms with Gasteiger partial charge in [-0.1, -0.05) is 12.7 Å². The third-order valence-corrected chi connectivity index (χ3v) is 3.62. The minimum atomic E-state index is -1.41. The lowest BCUT2D eigenvalue weighted by atomic mass is 10.1. The molecule has 0 radical (unpaired) electrons. The fourth-order valence-corrected chi connectivity index (χ4v) is 2.44. The van der Waals surface area contributed by atoms with Gasteiger partial charge in [-0.15, -0.1) is 0 Å². The third-order valence-electron chi connectivity index (χ3n) is 3.62. The third kappa shape index (κ3) is 1.94. The maximum atomic E-state index is 14.5. The predicted octanol–water partition coefficient (Wildman–Crippen LogP) is 2.96. The molecule has 0 saturated heterocycles. The Bertz CT molecular complexity index is 850. The highest BCUT2D eigenvalue weighted by Crippen LogP contribution is 2.38. The van der Waals surface area contributed by atoms with Crippen molar-refractivity contribution < 1.29 is 18.7 Å². The van der Waals surface area contributed by atoms with Gasteiger partial charge in [0.05, 0.1) is 10.9 Å². The number of nitrogens with zero attached hydrogens (tertiary/aromatic N) is 1. The summed E-state index contributed by atoms with van der Waals surface area (Å²) in [5.41, 5.74) is -1.76. The number of fused-ring (bicyclic) bond motifs is 1. The van der Waals surface area contributed by atoms with Crippen LogP contribution in [0.25, 0.3) is 17.0 Å². The van der Waals surface area contributed by atoms with Crippen LogP contribution in [-0.2, 0) is 0 Å².